The minimum atomic E-state index is 0.189. The minimum absolute atomic E-state index is 0.189. The highest BCUT2D eigenvalue weighted by Crippen LogP contribution is 2.18. The summed E-state index contributed by atoms with van der Waals surface area (Å²) in [5.74, 6) is 0.596. The Labute approximate surface area is 104 Å². The Morgan fingerprint density at radius 3 is 2.44 bits per heavy atom. The monoisotopic (exact) mass is 239 g/mol. The molecule has 0 spiro atoms. The molecule has 0 fully saturated rings. The van der Waals surface area contributed by atoms with E-state index in [1.165, 1.54) is 5.56 Å². The molecule has 0 aliphatic carbocycles. The van der Waals surface area contributed by atoms with E-state index in [0.717, 1.165) is 18.0 Å². The first kappa shape index (κ1) is 13.5. The number of nitrogens with one attached hydrogen (secondary N) is 1. The highest BCUT2D eigenvalue weighted by molar-refractivity contribution is 6.31. The van der Waals surface area contributed by atoms with Crippen molar-refractivity contribution in [1.29, 1.82) is 0 Å². The van der Waals surface area contributed by atoms with Crippen LogP contribution >= 0.6 is 11.6 Å². The number of hydrogen-bond donors (Lipinski definition) is 1. The molecule has 0 aromatic heterocycles. The smallest absolute Gasteiger partial charge is 0.0438 e. The second kappa shape index (κ2) is 5.70. The van der Waals surface area contributed by atoms with Gasteiger partial charge < -0.3 is 5.32 Å². The van der Waals surface area contributed by atoms with E-state index in [9.17, 15) is 0 Å². The summed E-state index contributed by atoms with van der Waals surface area (Å²) in [6, 6.07) is 8.09. The molecular formula is C14H22ClN. The molecule has 2 heteroatoms. The van der Waals surface area contributed by atoms with E-state index in [1.54, 1.807) is 0 Å². The molecule has 0 aliphatic rings. The second-order valence-corrected chi connectivity index (χ2v) is 5.94. The first-order chi connectivity index (χ1) is 7.38. The van der Waals surface area contributed by atoms with E-state index in [4.69, 9.17) is 11.6 Å². The van der Waals surface area contributed by atoms with E-state index in [0.29, 0.717) is 5.92 Å². The standard InChI is InChI=1S/C14H22ClN/c1-11(10-16-14(2,3)4)9-12-7-5-6-8-13(12)15/h5-8,11,16H,9-10H2,1-4H3. The lowest BCUT2D eigenvalue weighted by molar-refractivity contribution is 0.381. The van der Waals surface area contributed by atoms with Gasteiger partial charge in [-0.1, -0.05) is 36.7 Å². The van der Waals surface area contributed by atoms with Crippen LogP contribution in [0.4, 0.5) is 0 Å². The molecule has 0 saturated heterocycles. The number of halogens is 1. The summed E-state index contributed by atoms with van der Waals surface area (Å²) in [7, 11) is 0. The van der Waals surface area contributed by atoms with Gasteiger partial charge in [0.15, 0.2) is 0 Å². The summed E-state index contributed by atoms with van der Waals surface area (Å²) >= 11 is 6.14. The maximum Gasteiger partial charge on any atom is 0.0438 e. The van der Waals surface area contributed by atoms with Gasteiger partial charge in [-0.15, -0.1) is 0 Å². The van der Waals surface area contributed by atoms with Crippen LogP contribution in [0.15, 0.2) is 24.3 Å². The predicted octanol–water partition coefficient (Wildman–Crippen LogP) is 3.91. The molecule has 0 heterocycles. The molecule has 1 unspecified atom stereocenters. The normalized spacial score (nSPS) is 13.8. The lowest BCUT2D eigenvalue weighted by atomic mass is 9.99. The van der Waals surface area contributed by atoms with Crippen molar-refractivity contribution in [3.8, 4) is 0 Å². The number of hydrogen-bond acceptors (Lipinski definition) is 1. The fourth-order valence-electron chi connectivity index (χ4n) is 1.59. The molecule has 1 aromatic rings. The Kier molecular flexibility index (Phi) is 4.82. The highest BCUT2D eigenvalue weighted by atomic mass is 35.5. The van der Waals surface area contributed by atoms with Gasteiger partial charge in [0.1, 0.15) is 0 Å². The van der Waals surface area contributed by atoms with Crippen LogP contribution in [0.2, 0.25) is 5.02 Å². The highest BCUT2D eigenvalue weighted by Gasteiger charge is 2.12. The lowest BCUT2D eigenvalue weighted by Gasteiger charge is -2.23. The average molecular weight is 240 g/mol. The zero-order valence-electron chi connectivity index (χ0n) is 10.7. The van der Waals surface area contributed by atoms with Gasteiger partial charge in [-0.2, -0.15) is 0 Å². The maximum atomic E-state index is 6.14. The SMILES string of the molecule is CC(CNC(C)(C)C)Cc1ccccc1Cl. The minimum Gasteiger partial charge on any atom is -0.312 e. The third-order valence-corrected chi connectivity index (χ3v) is 2.88. The summed E-state index contributed by atoms with van der Waals surface area (Å²) in [5.41, 5.74) is 1.43. The van der Waals surface area contributed by atoms with Crippen LogP contribution in [0.25, 0.3) is 0 Å². The van der Waals surface area contributed by atoms with E-state index in [2.05, 4.69) is 39.1 Å². The van der Waals surface area contributed by atoms with Gasteiger partial charge in [0, 0.05) is 10.6 Å². The van der Waals surface area contributed by atoms with Crippen LogP contribution in [0.1, 0.15) is 33.3 Å². The molecule has 1 aromatic carbocycles. The van der Waals surface area contributed by atoms with Crippen molar-refractivity contribution in [2.24, 2.45) is 5.92 Å². The van der Waals surface area contributed by atoms with Crippen molar-refractivity contribution in [3.05, 3.63) is 34.9 Å². The second-order valence-electron chi connectivity index (χ2n) is 5.53. The van der Waals surface area contributed by atoms with E-state index in [1.807, 2.05) is 18.2 Å². The summed E-state index contributed by atoms with van der Waals surface area (Å²) in [5, 5.41) is 4.40. The van der Waals surface area contributed by atoms with E-state index < -0.39 is 0 Å². The van der Waals surface area contributed by atoms with Crippen LogP contribution < -0.4 is 5.32 Å². The predicted molar refractivity (Wildman–Crippen MR) is 72.1 cm³/mol. The van der Waals surface area contributed by atoms with Crippen LogP contribution in [0.3, 0.4) is 0 Å². The molecule has 0 radical (unpaired) electrons. The quantitative estimate of drug-likeness (QED) is 0.840. The van der Waals surface area contributed by atoms with Gasteiger partial charge in [0.25, 0.3) is 0 Å². The Morgan fingerprint density at radius 2 is 1.88 bits per heavy atom. The van der Waals surface area contributed by atoms with Gasteiger partial charge in [-0.05, 0) is 51.3 Å². The van der Waals surface area contributed by atoms with E-state index in [-0.39, 0.29) is 5.54 Å². The molecule has 0 bridgehead atoms. The molecular weight excluding hydrogens is 218 g/mol. The van der Waals surface area contributed by atoms with Crippen LogP contribution in [0.5, 0.6) is 0 Å². The van der Waals surface area contributed by atoms with Gasteiger partial charge in [0.2, 0.25) is 0 Å². The van der Waals surface area contributed by atoms with Crippen molar-refractivity contribution in [2.45, 2.75) is 39.7 Å². The maximum absolute atomic E-state index is 6.14. The summed E-state index contributed by atoms with van der Waals surface area (Å²) in [6.45, 7) is 9.84. The molecule has 0 aliphatic heterocycles. The molecule has 0 amide bonds. The van der Waals surface area contributed by atoms with Gasteiger partial charge >= 0.3 is 0 Å². The first-order valence-corrected chi connectivity index (χ1v) is 6.25. The Hall–Kier alpha value is -0.530. The largest absolute Gasteiger partial charge is 0.312 e. The number of benzene rings is 1. The fourth-order valence-corrected chi connectivity index (χ4v) is 1.80. The van der Waals surface area contributed by atoms with E-state index >= 15 is 0 Å². The summed E-state index contributed by atoms with van der Waals surface area (Å²) in [6.07, 6.45) is 1.03. The van der Waals surface area contributed by atoms with Gasteiger partial charge in [-0.25, -0.2) is 0 Å². The zero-order valence-corrected chi connectivity index (χ0v) is 11.4. The van der Waals surface area contributed by atoms with Crippen molar-refractivity contribution < 1.29 is 0 Å². The first-order valence-electron chi connectivity index (χ1n) is 5.87. The third-order valence-electron chi connectivity index (χ3n) is 2.51. The molecule has 0 saturated carbocycles. The van der Waals surface area contributed by atoms with Crippen molar-refractivity contribution in [1.82, 2.24) is 5.32 Å². The number of rotatable bonds is 4. The van der Waals surface area contributed by atoms with Gasteiger partial charge in [-0.3, -0.25) is 0 Å². The molecule has 1 nitrogen and oxygen atoms in total. The lowest BCUT2D eigenvalue weighted by Crippen LogP contribution is -2.39. The van der Waals surface area contributed by atoms with Gasteiger partial charge in [0.05, 0.1) is 0 Å². The van der Waals surface area contributed by atoms with Crippen molar-refractivity contribution in [3.63, 3.8) is 0 Å². The summed E-state index contributed by atoms with van der Waals surface area (Å²) in [4.78, 5) is 0. The third kappa shape index (κ3) is 5.00. The Balaban J connectivity index is 2.46. The molecule has 90 valence electrons. The average Bonchev–Trinajstić information content (AvgIpc) is 2.18. The van der Waals surface area contributed by atoms with Crippen LogP contribution in [-0.4, -0.2) is 12.1 Å². The van der Waals surface area contributed by atoms with Crippen LogP contribution in [0, 0.1) is 5.92 Å². The molecule has 1 N–H and O–H groups in total. The fraction of sp³-hybridized carbons (Fsp3) is 0.571. The van der Waals surface area contributed by atoms with Crippen molar-refractivity contribution >= 4 is 11.6 Å². The topological polar surface area (TPSA) is 12.0 Å². The molecule has 1 atom stereocenters. The van der Waals surface area contributed by atoms with Crippen LogP contribution in [-0.2, 0) is 6.42 Å². The van der Waals surface area contributed by atoms with Crippen molar-refractivity contribution in [2.75, 3.05) is 6.54 Å². The molecule has 1 rings (SSSR count). The Bertz CT molecular complexity index is 328. The summed E-state index contributed by atoms with van der Waals surface area (Å²) < 4.78 is 0. The zero-order chi connectivity index (χ0) is 12.2. The molecule has 16 heavy (non-hydrogen) atoms. The Morgan fingerprint density at radius 1 is 1.25 bits per heavy atom.